The van der Waals surface area contributed by atoms with Crippen molar-refractivity contribution in [3.8, 4) is 0 Å². The molecule has 6 heteroatoms. The lowest BCUT2D eigenvalue weighted by Crippen LogP contribution is -2.17. The number of rotatable bonds is 4. The number of halogens is 1. The van der Waals surface area contributed by atoms with Crippen molar-refractivity contribution in [2.45, 2.75) is 18.4 Å². The molecule has 0 amide bonds. The summed E-state index contributed by atoms with van der Waals surface area (Å²) in [6.07, 6.45) is 0. The first-order valence-electron chi connectivity index (χ1n) is 6.01. The Morgan fingerprint density at radius 1 is 1.15 bits per heavy atom. The number of benzene rings is 2. The first-order chi connectivity index (χ1) is 9.45. The summed E-state index contributed by atoms with van der Waals surface area (Å²) in [5, 5.41) is 0. The maximum atomic E-state index is 13.7. The number of nitrogens with one attached hydrogen (secondary N) is 1. The molecule has 0 aliphatic rings. The van der Waals surface area contributed by atoms with Crippen molar-refractivity contribution in [3.05, 3.63) is 59.4 Å². The van der Waals surface area contributed by atoms with Crippen molar-refractivity contribution in [3.63, 3.8) is 0 Å². The summed E-state index contributed by atoms with van der Waals surface area (Å²) in [7, 11) is -3.87. The molecule has 0 heterocycles. The van der Waals surface area contributed by atoms with Crippen molar-refractivity contribution in [2.75, 3.05) is 4.72 Å². The second-order valence-corrected chi connectivity index (χ2v) is 6.00. The Morgan fingerprint density at radius 3 is 2.50 bits per heavy atom. The quantitative estimate of drug-likeness (QED) is 0.909. The summed E-state index contributed by atoms with van der Waals surface area (Å²) in [5.41, 5.74) is 6.49. The summed E-state index contributed by atoms with van der Waals surface area (Å²) in [6.45, 7) is 1.73. The van der Waals surface area contributed by atoms with Crippen molar-refractivity contribution < 1.29 is 12.8 Å². The molecule has 2 aromatic rings. The molecule has 20 heavy (non-hydrogen) atoms. The predicted molar refractivity (Wildman–Crippen MR) is 76.3 cm³/mol. The molecular formula is C14H15FN2O2S. The van der Waals surface area contributed by atoms with Crippen LogP contribution in [0.3, 0.4) is 0 Å². The fourth-order valence-electron chi connectivity index (χ4n) is 1.89. The Bertz CT molecular complexity index is 709. The molecule has 106 valence electrons. The van der Waals surface area contributed by atoms with Crippen LogP contribution in [0.25, 0.3) is 0 Å². The average molecular weight is 294 g/mol. The molecule has 0 aliphatic heterocycles. The molecule has 2 aromatic carbocycles. The molecule has 0 saturated carbocycles. The molecule has 0 fully saturated rings. The third-order valence-corrected chi connectivity index (χ3v) is 4.39. The topological polar surface area (TPSA) is 72.2 Å². The average Bonchev–Trinajstić information content (AvgIpc) is 2.43. The fraction of sp³-hybridized carbons (Fsp3) is 0.143. The summed E-state index contributed by atoms with van der Waals surface area (Å²) < 4.78 is 40.7. The van der Waals surface area contributed by atoms with Gasteiger partial charge in [0, 0.05) is 6.54 Å². The highest BCUT2D eigenvalue weighted by Gasteiger charge is 2.20. The van der Waals surface area contributed by atoms with E-state index in [0.717, 1.165) is 0 Å². The third-order valence-electron chi connectivity index (χ3n) is 2.94. The number of nitrogens with two attached hydrogens (primary N) is 1. The van der Waals surface area contributed by atoms with Crippen LogP contribution in [0.1, 0.15) is 11.1 Å². The van der Waals surface area contributed by atoms with E-state index in [2.05, 4.69) is 4.72 Å². The largest absolute Gasteiger partial charge is 0.326 e. The highest BCUT2D eigenvalue weighted by Crippen LogP contribution is 2.24. The first-order valence-corrected chi connectivity index (χ1v) is 7.50. The van der Waals surface area contributed by atoms with E-state index >= 15 is 0 Å². The van der Waals surface area contributed by atoms with E-state index in [1.165, 1.54) is 18.2 Å². The van der Waals surface area contributed by atoms with Crippen LogP contribution >= 0.6 is 0 Å². The van der Waals surface area contributed by atoms with Crippen LogP contribution in [0, 0.1) is 12.7 Å². The highest BCUT2D eigenvalue weighted by atomic mass is 32.2. The Kier molecular flexibility index (Phi) is 4.06. The van der Waals surface area contributed by atoms with Gasteiger partial charge in [0.25, 0.3) is 10.0 Å². The molecule has 2 rings (SSSR count). The third kappa shape index (κ3) is 2.81. The minimum absolute atomic E-state index is 0.0423. The SMILES string of the molecule is Cc1cccc(F)c1NS(=O)(=O)c1ccccc1CN. The summed E-state index contributed by atoms with van der Waals surface area (Å²) >= 11 is 0. The number of hydrogen-bond donors (Lipinski definition) is 2. The van der Waals surface area contributed by atoms with E-state index in [0.29, 0.717) is 11.1 Å². The predicted octanol–water partition coefficient (Wildman–Crippen LogP) is 2.39. The van der Waals surface area contributed by atoms with E-state index < -0.39 is 15.8 Å². The zero-order chi connectivity index (χ0) is 14.8. The van der Waals surface area contributed by atoms with E-state index in [1.807, 2.05) is 0 Å². The van der Waals surface area contributed by atoms with Crippen molar-refractivity contribution in [2.24, 2.45) is 5.73 Å². The minimum atomic E-state index is -3.87. The fourth-order valence-corrected chi connectivity index (χ4v) is 3.28. The zero-order valence-electron chi connectivity index (χ0n) is 10.9. The van der Waals surface area contributed by atoms with Crippen LogP contribution < -0.4 is 10.5 Å². The molecule has 4 nitrogen and oxygen atoms in total. The molecule has 0 bridgehead atoms. The van der Waals surface area contributed by atoms with Crippen LogP contribution in [-0.4, -0.2) is 8.42 Å². The second-order valence-electron chi connectivity index (χ2n) is 4.35. The standard InChI is InChI=1S/C14H15FN2O2S/c1-10-5-4-7-12(15)14(10)17-20(18,19)13-8-3-2-6-11(13)9-16/h2-8,17H,9,16H2,1H3. The van der Waals surface area contributed by atoms with Gasteiger partial charge in [-0.2, -0.15) is 0 Å². The maximum absolute atomic E-state index is 13.7. The maximum Gasteiger partial charge on any atom is 0.262 e. The number of hydrogen-bond acceptors (Lipinski definition) is 3. The second kappa shape index (κ2) is 5.60. The molecule has 0 aliphatic carbocycles. The number of anilines is 1. The lowest BCUT2D eigenvalue weighted by molar-refractivity contribution is 0.597. The van der Waals surface area contributed by atoms with Crippen LogP contribution in [-0.2, 0) is 16.6 Å². The van der Waals surface area contributed by atoms with Gasteiger partial charge in [-0.05, 0) is 30.2 Å². The minimum Gasteiger partial charge on any atom is -0.326 e. The molecule has 0 aromatic heterocycles. The molecule has 0 radical (unpaired) electrons. The van der Waals surface area contributed by atoms with Crippen LogP contribution in [0.15, 0.2) is 47.4 Å². The van der Waals surface area contributed by atoms with Crippen LogP contribution in [0.4, 0.5) is 10.1 Å². The van der Waals surface area contributed by atoms with Gasteiger partial charge in [0.05, 0.1) is 10.6 Å². The van der Waals surface area contributed by atoms with E-state index in [4.69, 9.17) is 5.73 Å². The molecule has 0 spiro atoms. The lowest BCUT2D eigenvalue weighted by Gasteiger charge is -2.13. The molecule has 0 atom stereocenters. The van der Waals surface area contributed by atoms with Gasteiger partial charge >= 0.3 is 0 Å². The van der Waals surface area contributed by atoms with Gasteiger partial charge < -0.3 is 5.73 Å². The van der Waals surface area contributed by atoms with Gasteiger partial charge in [0.15, 0.2) is 0 Å². The van der Waals surface area contributed by atoms with E-state index in [-0.39, 0.29) is 17.1 Å². The summed E-state index contributed by atoms with van der Waals surface area (Å²) in [5.74, 6) is -0.612. The van der Waals surface area contributed by atoms with Crippen LogP contribution in [0.2, 0.25) is 0 Å². The van der Waals surface area contributed by atoms with Crippen LogP contribution in [0.5, 0.6) is 0 Å². The Labute approximate surface area is 117 Å². The smallest absolute Gasteiger partial charge is 0.262 e. The Balaban J connectivity index is 2.47. The molecule has 0 unspecified atom stereocenters. The van der Waals surface area contributed by atoms with Gasteiger partial charge in [-0.1, -0.05) is 30.3 Å². The Morgan fingerprint density at radius 2 is 1.85 bits per heavy atom. The summed E-state index contributed by atoms with van der Waals surface area (Å²) in [6, 6.07) is 10.7. The molecule has 3 N–H and O–H groups in total. The Hall–Kier alpha value is -1.92. The van der Waals surface area contributed by atoms with Gasteiger partial charge in [0.2, 0.25) is 0 Å². The highest BCUT2D eigenvalue weighted by molar-refractivity contribution is 7.92. The van der Waals surface area contributed by atoms with Crippen molar-refractivity contribution in [1.82, 2.24) is 0 Å². The number of sulfonamides is 1. The first kappa shape index (κ1) is 14.5. The molecule has 0 saturated heterocycles. The lowest BCUT2D eigenvalue weighted by atomic mass is 10.2. The van der Waals surface area contributed by atoms with Crippen molar-refractivity contribution in [1.29, 1.82) is 0 Å². The van der Waals surface area contributed by atoms with E-state index in [9.17, 15) is 12.8 Å². The number of aryl methyl sites for hydroxylation is 1. The van der Waals surface area contributed by atoms with Gasteiger partial charge in [-0.25, -0.2) is 12.8 Å². The van der Waals surface area contributed by atoms with Crippen molar-refractivity contribution >= 4 is 15.7 Å². The number of para-hydroxylation sites is 1. The summed E-state index contributed by atoms with van der Waals surface area (Å²) in [4.78, 5) is 0.0603. The monoisotopic (exact) mass is 294 g/mol. The zero-order valence-corrected chi connectivity index (χ0v) is 11.7. The normalized spacial score (nSPS) is 11.3. The van der Waals surface area contributed by atoms with Gasteiger partial charge in [-0.15, -0.1) is 0 Å². The van der Waals surface area contributed by atoms with Gasteiger partial charge in [0.1, 0.15) is 5.82 Å². The van der Waals surface area contributed by atoms with Gasteiger partial charge in [-0.3, -0.25) is 4.72 Å². The molecular weight excluding hydrogens is 279 g/mol. The van der Waals surface area contributed by atoms with E-state index in [1.54, 1.807) is 31.2 Å².